The second kappa shape index (κ2) is 5.50. The predicted octanol–water partition coefficient (Wildman–Crippen LogP) is 2.69. The van der Waals surface area contributed by atoms with Crippen LogP contribution in [-0.4, -0.2) is 23.6 Å². The van der Waals surface area contributed by atoms with Gasteiger partial charge in [0.2, 0.25) is 5.95 Å². The topological polar surface area (TPSA) is 41.1 Å². The van der Waals surface area contributed by atoms with Gasteiger partial charge in [-0.1, -0.05) is 0 Å². The molecule has 5 heteroatoms. The predicted molar refractivity (Wildman–Crippen MR) is 83.3 cm³/mol. The van der Waals surface area contributed by atoms with Gasteiger partial charge in [-0.25, -0.2) is 9.97 Å². The lowest BCUT2D eigenvalue weighted by Crippen LogP contribution is -2.34. The quantitative estimate of drug-likeness (QED) is 0.943. The summed E-state index contributed by atoms with van der Waals surface area (Å²) in [5.74, 6) is 0.853. The highest BCUT2D eigenvalue weighted by molar-refractivity contribution is 7.10. The zero-order valence-electron chi connectivity index (χ0n) is 12.2. The van der Waals surface area contributed by atoms with E-state index in [1.165, 1.54) is 10.4 Å². The molecule has 0 aliphatic carbocycles. The van der Waals surface area contributed by atoms with Crippen LogP contribution < -0.4 is 10.2 Å². The molecule has 2 aromatic heterocycles. The molecular weight excluding hydrogens is 268 g/mol. The second-order valence-corrected chi connectivity index (χ2v) is 6.23. The van der Waals surface area contributed by atoms with Crippen molar-refractivity contribution < 1.29 is 0 Å². The summed E-state index contributed by atoms with van der Waals surface area (Å²) in [4.78, 5) is 13.1. The van der Waals surface area contributed by atoms with Crippen molar-refractivity contribution in [3.8, 4) is 0 Å². The Morgan fingerprint density at radius 1 is 1.50 bits per heavy atom. The lowest BCUT2D eigenvalue weighted by atomic mass is 10.0. The van der Waals surface area contributed by atoms with Gasteiger partial charge >= 0.3 is 0 Å². The first-order chi connectivity index (χ1) is 9.70. The average Bonchev–Trinajstić information content (AvgIpc) is 2.91. The summed E-state index contributed by atoms with van der Waals surface area (Å²) in [5.41, 5.74) is 3.66. The van der Waals surface area contributed by atoms with Crippen molar-refractivity contribution in [2.24, 2.45) is 0 Å². The number of thiophene rings is 1. The van der Waals surface area contributed by atoms with Gasteiger partial charge in [-0.2, -0.15) is 0 Å². The molecule has 1 N–H and O–H groups in total. The van der Waals surface area contributed by atoms with Crippen LogP contribution in [0.2, 0.25) is 0 Å². The van der Waals surface area contributed by atoms with Crippen LogP contribution >= 0.6 is 11.3 Å². The summed E-state index contributed by atoms with van der Waals surface area (Å²) in [5, 5.41) is 5.34. The van der Waals surface area contributed by atoms with Crippen molar-refractivity contribution in [3.63, 3.8) is 0 Å². The maximum Gasteiger partial charge on any atom is 0.226 e. The van der Waals surface area contributed by atoms with Crippen LogP contribution in [0.15, 0.2) is 17.6 Å². The second-order valence-electron chi connectivity index (χ2n) is 5.23. The van der Waals surface area contributed by atoms with E-state index in [-0.39, 0.29) is 0 Å². The molecule has 106 valence electrons. The molecule has 0 radical (unpaired) electrons. The molecule has 0 fully saturated rings. The molecule has 0 amide bonds. The number of fused-ring (bicyclic) bond motifs is 1. The van der Waals surface area contributed by atoms with E-state index in [1.807, 2.05) is 24.6 Å². The first-order valence-corrected chi connectivity index (χ1v) is 7.88. The first kappa shape index (κ1) is 13.5. The zero-order valence-corrected chi connectivity index (χ0v) is 13.0. The van der Waals surface area contributed by atoms with E-state index in [0.29, 0.717) is 6.04 Å². The van der Waals surface area contributed by atoms with Crippen LogP contribution in [0.5, 0.6) is 0 Å². The van der Waals surface area contributed by atoms with E-state index >= 15 is 0 Å². The Kier molecular flexibility index (Phi) is 3.72. The number of hydrogen-bond donors (Lipinski definition) is 1. The maximum atomic E-state index is 4.70. The largest absolute Gasteiger partial charge is 0.334 e. The maximum absolute atomic E-state index is 4.70. The number of rotatable bonds is 3. The number of aryl methyl sites for hydroxylation is 1. The van der Waals surface area contributed by atoms with Gasteiger partial charge in [0.15, 0.2) is 0 Å². The van der Waals surface area contributed by atoms with Gasteiger partial charge in [-0.3, -0.25) is 0 Å². The molecule has 0 saturated heterocycles. The molecule has 0 saturated carbocycles. The Morgan fingerprint density at radius 2 is 2.35 bits per heavy atom. The van der Waals surface area contributed by atoms with Crippen LogP contribution in [0, 0.1) is 6.92 Å². The van der Waals surface area contributed by atoms with Crippen molar-refractivity contribution in [2.45, 2.75) is 32.9 Å². The highest BCUT2D eigenvalue weighted by atomic mass is 32.1. The summed E-state index contributed by atoms with van der Waals surface area (Å²) < 4.78 is 0. The van der Waals surface area contributed by atoms with Crippen molar-refractivity contribution in [1.29, 1.82) is 0 Å². The monoisotopic (exact) mass is 288 g/mol. The summed E-state index contributed by atoms with van der Waals surface area (Å²) >= 11 is 1.86. The first-order valence-electron chi connectivity index (χ1n) is 7.00. The third-order valence-electron chi connectivity index (χ3n) is 3.97. The van der Waals surface area contributed by atoms with Crippen molar-refractivity contribution in [1.82, 2.24) is 15.3 Å². The summed E-state index contributed by atoms with van der Waals surface area (Å²) in [6.45, 7) is 6.11. The van der Waals surface area contributed by atoms with Crippen LogP contribution in [-0.2, 0) is 13.0 Å². The lowest BCUT2D eigenvalue weighted by Gasteiger charge is -2.33. The van der Waals surface area contributed by atoms with Gasteiger partial charge in [-0.15, -0.1) is 11.3 Å². The number of hydrogen-bond acceptors (Lipinski definition) is 5. The Hall–Kier alpha value is -1.46. The Labute approximate surface area is 123 Å². The van der Waals surface area contributed by atoms with Gasteiger partial charge in [0.1, 0.15) is 0 Å². The summed E-state index contributed by atoms with van der Waals surface area (Å²) in [6.07, 6.45) is 3.04. The van der Waals surface area contributed by atoms with Crippen LogP contribution in [0.3, 0.4) is 0 Å². The van der Waals surface area contributed by atoms with E-state index in [9.17, 15) is 0 Å². The Morgan fingerprint density at radius 3 is 3.10 bits per heavy atom. The molecule has 1 aliphatic rings. The minimum atomic E-state index is 0.361. The van der Waals surface area contributed by atoms with Gasteiger partial charge in [0, 0.05) is 35.4 Å². The highest BCUT2D eigenvalue weighted by Gasteiger charge is 2.26. The van der Waals surface area contributed by atoms with E-state index in [2.05, 4.69) is 40.5 Å². The van der Waals surface area contributed by atoms with Crippen LogP contribution in [0.1, 0.15) is 34.7 Å². The highest BCUT2D eigenvalue weighted by Crippen LogP contribution is 2.34. The lowest BCUT2D eigenvalue weighted by molar-refractivity contribution is 0.613. The molecule has 3 rings (SSSR count). The molecule has 4 nitrogen and oxygen atoms in total. The average molecular weight is 288 g/mol. The number of nitrogens with zero attached hydrogens (tertiary/aromatic N) is 3. The zero-order chi connectivity index (χ0) is 14.1. The van der Waals surface area contributed by atoms with Crippen LogP contribution in [0.25, 0.3) is 0 Å². The molecular formula is C15H20N4S. The van der Waals surface area contributed by atoms with E-state index < -0.39 is 0 Å². The van der Waals surface area contributed by atoms with Gasteiger partial charge in [-0.05, 0) is 44.3 Å². The molecule has 0 aromatic carbocycles. The standard InChI is InChI=1S/C15H20N4S/c1-10-12(8-16-3)9-17-15(18-10)19-6-4-14-13(11(19)2)5-7-20-14/h5,7,9,11,16H,4,6,8H2,1-3H3. The molecule has 1 atom stereocenters. The van der Waals surface area contributed by atoms with Gasteiger partial charge in [0.25, 0.3) is 0 Å². The Balaban J connectivity index is 1.89. The van der Waals surface area contributed by atoms with E-state index in [0.717, 1.165) is 36.7 Å². The molecule has 0 spiro atoms. The van der Waals surface area contributed by atoms with Crippen molar-refractivity contribution in [3.05, 3.63) is 39.3 Å². The minimum absolute atomic E-state index is 0.361. The third-order valence-corrected chi connectivity index (χ3v) is 4.97. The van der Waals surface area contributed by atoms with Crippen LogP contribution in [0.4, 0.5) is 5.95 Å². The van der Waals surface area contributed by atoms with Crippen molar-refractivity contribution in [2.75, 3.05) is 18.5 Å². The molecule has 20 heavy (non-hydrogen) atoms. The number of nitrogens with one attached hydrogen (secondary N) is 1. The third kappa shape index (κ3) is 2.31. The summed E-state index contributed by atoms with van der Waals surface area (Å²) in [7, 11) is 1.94. The fourth-order valence-corrected chi connectivity index (χ4v) is 3.73. The van der Waals surface area contributed by atoms with Gasteiger partial charge in [0.05, 0.1) is 6.04 Å². The molecule has 3 heterocycles. The number of aromatic nitrogens is 2. The van der Waals surface area contributed by atoms with E-state index in [1.54, 1.807) is 0 Å². The minimum Gasteiger partial charge on any atom is -0.334 e. The molecule has 1 aliphatic heterocycles. The molecule has 2 aromatic rings. The normalized spacial score (nSPS) is 18.1. The molecule has 0 bridgehead atoms. The number of anilines is 1. The van der Waals surface area contributed by atoms with E-state index in [4.69, 9.17) is 4.98 Å². The fraction of sp³-hybridized carbons (Fsp3) is 0.467. The SMILES string of the molecule is CNCc1cnc(N2CCc3sccc3C2C)nc1C. The van der Waals surface area contributed by atoms with Crippen molar-refractivity contribution >= 4 is 17.3 Å². The summed E-state index contributed by atoms with van der Waals surface area (Å²) in [6, 6.07) is 2.60. The smallest absolute Gasteiger partial charge is 0.226 e. The Bertz CT molecular complexity index is 608. The fourth-order valence-electron chi connectivity index (χ4n) is 2.76. The molecule has 1 unspecified atom stereocenters. The van der Waals surface area contributed by atoms with Gasteiger partial charge < -0.3 is 10.2 Å².